The monoisotopic (exact) mass is 196 g/mol. The molecule has 0 aromatic heterocycles. The van der Waals surface area contributed by atoms with E-state index in [1.54, 1.807) is 0 Å². The smallest absolute Gasteiger partial charge is 0.235 e. The van der Waals surface area contributed by atoms with E-state index in [2.05, 4.69) is 17.3 Å². The molecule has 0 spiro atoms. The van der Waals surface area contributed by atoms with Crippen LogP contribution in [0.5, 0.6) is 0 Å². The van der Waals surface area contributed by atoms with Crippen LogP contribution in [0.4, 0.5) is 8.78 Å². The van der Waals surface area contributed by atoms with Gasteiger partial charge in [-0.25, -0.2) is 8.78 Å². The third kappa shape index (κ3) is 18.6. The molecule has 0 unspecified atom stereocenters. The van der Waals surface area contributed by atoms with Crippen LogP contribution in [-0.2, 0) is 0 Å². The third-order valence-corrected chi connectivity index (χ3v) is 1.34. The molecule has 0 atom stereocenters. The molecule has 2 nitrogen and oxygen atoms in total. The number of halogens is 2. The van der Waals surface area contributed by atoms with Gasteiger partial charge in [-0.05, 0) is 14.0 Å². The standard InChI is InChI=1S/C5H12N2.C2H4F2.C2H6/c1-7-4-2-6-3-5-7;1-2(3)4;1-2/h6H,2-5H2,1H3;2H,1H3;1-2H3. The Hall–Kier alpha value is -0.220. The molecule has 1 heterocycles. The minimum atomic E-state index is -2.17. The molecule has 0 saturated carbocycles. The average Bonchev–Trinajstić information content (AvgIpc) is 2.08. The summed E-state index contributed by atoms with van der Waals surface area (Å²) in [5.41, 5.74) is 0. The number of nitrogens with one attached hydrogen (secondary N) is 1. The predicted molar refractivity (Wildman–Crippen MR) is 53.4 cm³/mol. The predicted octanol–water partition coefficient (Wildman–Crippen LogP) is 1.82. The molecule has 1 aliphatic heterocycles. The summed E-state index contributed by atoms with van der Waals surface area (Å²) in [5.74, 6) is 0. The lowest BCUT2D eigenvalue weighted by Gasteiger charge is -2.21. The molecule has 13 heavy (non-hydrogen) atoms. The van der Waals surface area contributed by atoms with Crippen molar-refractivity contribution in [2.75, 3.05) is 33.2 Å². The van der Waals surface area contributed by atoms with Gasteiger partial charge in [-0.3, -0.25) is 0 Å². The fourth-order valence-corrected chi connectivity index (χ4v) is 0.777. The second-order valence-corrected chi connectivity index (χ2v) is 2.57. The summed E-state index contributed by atoms with van der Waals surface area (Å²) < 4.78 is 20.7. The van der Waals surface area contributed by atoms with E-state index < -0.39 is 6.43 Å². The van der Waals surface area contributed by atoms with Crippen LogP contribution < -0.4 is 5.32 Å². The molecule has 0 radical (unpaired) electrons. The Morgan fingerprint density at radius 1 is 1.15 bits per heavy atom. The Morgan fingerprint density at radius 3 is 1.62 bits per heavy atom. The average molecular weight is 196 g/mol. The Kier molecular flexibility index (Phi) is 13.8. The van der Waals surface area contributed by atoms with Crippen molar-refractivity contribution in [3.05, 3.63) is 0 Å². The van der Waals surface area contributed by atoms with Crippen LogP contribution in [0, 0.1) is 0 Å². The molecule has 82 valence electrons. The van der Waals surface area contributed by atoms with Gasteiger partial charge in [0.05, 0.1) is 0 Å². The van der Waals surface area contributed by atoms with Crippen LogP contribution in [0.25, 0.3) is 0 Å². The van der Waals surface area contributed by atoms with Gasteiger partial charge in [0.15, 0.2) is 0 Å². The minimum absolute atomic E-state index is 0.833. The van der Waals surface area contributed by atoms with Crippen molar-refractivity contribution < 1.29 is 8.78 Å². The largest absolute Gasteiger partial charge is 0.314 e. The molecular formula is C9H22F2N2. The molecule has 1 N–H and O–H groups in total. The van der Waals surface area contributed by atoms with E-state index in [0.717, 1.165) is 20.0 Å². The van der Waals surface area contributed by atoms with Gasteiger partial charge >= 0.3 is 0 Å². The van der Waals surface area contributed by atoms with Crippen molar-refractivity contribution >= 4 is 0 Å². The van der Waals surface area contributed by atoms with E-state index in [9.17, 15) is 8.78 Å². The van der Waals surface area contributed by atoms with Gasteiger partial charge in [0, 0.05) is 26.2 Å². The fourth-order valence-electron chi connectivity index (χ4n) is 0.777. The lowest BCUT2D eigenvalue weighted by atomic mass is 10.4. The SMILES string of the molecule is CC.CC(F)F.CN1CCNCC1. The molecule has 1 saturated heterocycles. The molecule has 0 amide bonds. The topological polar surface area (TPSA) is 15.3 Å². The highest BCUT2D eigenvalue weighted by atomic mass is 19.3. The molecule has 0 bridgehead atoms. The van der Waals surface area contributed by atoms with Crippen LogP contribution in [-0.4, -0.2) is 44.6 Å². The Morgan fingerprint density at radius 2 is 1.46 bits per heavy atom. The van der Waals surface area contributed by atoms with E-state index in [-0.39, 0.29) is 0 Å². The van der Waals surface area contributed by atoms with Gasteiger partial charge in [-0.1, -0.05) is 13.8 Å². The number of rotatable bonds is 0. The second kappa shape index (κ2) is 11.8. The van der Waals surface area contributed by atoms with Crippen molar-refractivity contribution in [3.63, 3.8) is 0 Å². The molecule has 1 fully saturated rings. The number of piperazine rings is 1. The maximum Gasteiger partial charge on any atom is 0.235 e. The highest BCUT2D eigenvalue weighted by Crippen LogP contribution is 1.83. The quantitative estimate of drug-likeness (QED) is 0.635. The highest BCUT2D eigenvalue weighted by molar-refractivity contribution is 4.62. The van der Waals surface area contributed by atoms with E-state index in [4.69, 9.17) is 0 Å². The molecule has 0 aromatic rings. The van der Waals surface area contributed by atoms with Gasteiger partial charge in [0.1, 0.15) is 0 Å². The zero-order valence-corrected chi connectivity index (χ0v) is 9.11. The summed E-state index contributed by atoms with van der Waals surface area (Å²) >= 11 is 0. The maximum absolute atomic E-state index is 10.3. The molecule has 1 aliphatic rings. The van der Waals surface area contributed by atoms with E-state index in [1.165, 1.54) is 13.1 Å². The van der Waals surface area contributed by atoms with Crippen LogP contribution in [0.2, 0.25) is 0 Å². The van der Waals surface area contributed by atoms with Crippen LogP contribution in [0.15, 0.2) is 0 Å². The number of alkyl halides is 2. The first-order chi connectivity index (χ1) is 6.13. The summed E-state index contributed by atoms with van der Waals surface area (Å²) in [4.78, 5) is 2.33. The van der Waals surface area contributed by atoms with Crippen LogP contribution in [0.1, 0.15) is 20.8 Å². The lowest BCUT2D eigenvalue weighted by molar-refractivity contribution is 0.171. The highest BCUT2D eigenvalue weighted by Gasteiger charge is 2.01. The molecule has 0 aliphatic carbocycles. The zero-order chi connectivity index (χ0) is 10.7. The molecule has 1 rings (SSSR count). The van der Waals surface area contributed by atoms with E-state index >= 15 is 0 Å². The Bertz CT molecular complexity index is 80.9. The summed E-state index contributed by atoms with van der Waals surface area (Å²) in [5, 5.41) is 3.27. The zero-order valence-electron chi connectivity index (χ0n) is 9.11. The summed E-state index contributed by atoms with van der Waals surface area (Å²) in [6, 6.07) is 0. The summed E-state index contributed by atoms with van der Waals surface area (Å²) in [6.07, 6.45) is -2.17. The summed E-state index contributed by atoms with van der Waals surface area (Å²) in [7, 11) is 2.15. The second-order valence-electron chi connectivity index (χ2n) is 2.57. The number of hydrogen-bond acceptors (Lipinski definition) is 2. The van der Waals surface area contributed by atoms with Gasteiger partial charge in [-0.2, -0.15) is 0 Å². The first-order valence-corrected chi connectivity index (χ1v) is 4.80. The van der Waals surface area contributed by atoms with Crippen LogP contribution >= 0.6 is 0 Å². The fraction of sp³-hybridized carbons (Fsp3) is 1.00. The van der Waals surface area contributed by atoms with Crippen molar-refractivity contribution in [3.8, 4) is 0 Å². The van der Waals surface area contributed by atoms with Crippen LogP contribution in [0.3, 0.4) is 0 Å². The van der Waals surface area contributed by atoms with E-state index in [1.807, 2.05) is 13.8 Å². The molecule has 0 aromatic carbocycles. The van der Waals surface area contributed by atoms with Gasteiger partial charge in [0.25, 0.3) is 0 Å². The number of nitrogens with zero attached hydrogens (tertiary/aromatic N) is 1. The normalized spacial score (nSPS) is 16.8. The van der Waals surface area contributed by atoms with Gasteiger partial charge in [0.2, 0.25) is 6.43 Å². The van der Waals surface area contributed by atoms with Crippen molar-refractivity contribution in [2.45, 2.75) is 27.2 Å². The summed E-state index contributed by atoms with van der Waals surface area (Å²) in [6.45, 7) is 9.58. The van der Waals surface area contributed by atoms with Crippen molar-refractivity contribution in [2.24, 2.45) is 0 Å². The Labute approximate surface area is 80.3 Å². The maximum atomic E-state index is 10.3. The third-order valence-electron chi connectivity index (χ3n) is 1.34. The molecular weight excluding hydrogens is 174 g/mol. The number of hydrogen-bond donors (Lipinski definition) is 1. The minimum Gasteiger partial charge on any atom is -0.314 e. The van der Waals surface area contributed by atoms with Gasteiger partial charge in [-0.15, -0.1) is 0 Å². The number of likely N-dealkylation sites (N-methyl/N-ethyl adjacent to an activating group) is 1. The molecule has 4 heteroatoms. The first-order valence-electron chi connectivity index (χ1n) is 4.80. The van der Waals surface area contributed by atoms with Crippen molar-refractivity contribution in [1.29, 1.82) is 0 Å². The first kappa shape index (κ1) is 15.3. The lowest BCUT2D eigenvalue weighted by Crippen LogP contribution is -2.40. The van der Waals surface area contributed by atoms with Gasteiger partial charge < -0.3 is 10.2 Å². The van der Waals surface area contributed by atoms with E-state index in [0.29, 0.717) is 0 Å². The van der Waals surface area contributed by atoms with Crippen molar-refractivity contribution in [1.82, 2.24) is 10.2 Å². The Balaban J connectivity index is 0.